The van der Waals surface area contributed by atoms with Gasteiger partial charge in [0.15, 0.2) is 0 Å². The van der Waals surface area contributed by atoms with Gasteiger partial charge in [0.2, 0.25) is 5.91 Å². The van der Waals surface area contributed by atoms with E-state index >= 15 is 0 Å². The largest absolute Gasteiger partial charge is 0.342 e. The lowest BCUT2D eigenvalue weighted by atomic mass is 10.0. The molecule has 1 saturated heterocycles. The Morgan fingerprint density at radius 2 is 1.61 bits per heavy atom. The molecule has 0 N–H and O–H groups in total. The molecule has 0 unspecified atom stereocenters. The van der Waals surface area contributed by atoms with Crippen molar-refractivity contribution < 1.29 is 9.59 Å². The fraction of sp³-hybridized carbons (Fsp3) is 0.423. The SMILES string of the molecule is O=C(C1CC1)N1CC[C@@H](CN2C(=O)C3(CC3)N=C2c2ccc(-c3ccccc3)cc2)C1. The van der Waals surface area contributed by atoms with Crippen LogP contribution in [0.2, 0.25) is 0 Å². The summed E-state index contributed by atoms with van der Waals surface area (Å²) in [4.78, 5) is 34.5. The van der Waals surface area contributed by atoms with E-state index < -0.39 is 5.54 Å². The highest BCUT2D eigenvalue weighted by Gasteiger charge is 2.57. The molecule has 2 aromatic rings. The zero-order valence-electron chi connectivity index (χ0n) is 17.7. The highest BCUT2D eigenvalue weighted by Crippen LogP contribution is 2.46. The molecule has 0 bridgehead atoms. The van der Waals surface area contributed by atoms with Gasteiger partial charge in [-0.1, -0.05) is 54.6 Å². The first-order chi connectivity index (χ1) is 15.1. The number of amides is 2. The van der Waals surface area contributed by atoms with Gasteiger partial charge in [-0.15, -0.1) is 0 Å². The predicted octanol–water partition coefficient (Wildman–Crippen LogP) is 3.73. The van der Waals surface area contributed by atoms with Crippen molar-refractivity contribution in [2.24, 2.45) is 16.8 Å². The minimum atomic E-state index is -0.504. The minimum Gasteiger partial charge on any atom is -0.342 e. The van der Waals surface area contributed by atoms with Crippen LogP contribution in [0, 0.1) is 11.8 Å². The lowest BCUT2D eigenvalue weighted by Gasteiger charge is -2.23. The second-order valence-electron chi connectivity index (χ2n) is 9.54. The van der Waals surface area contributed by atoms with Crippen LogP contribution < -0.4 is 0 Å². The number of aliphatic imine (C=N–C) groups is 1. The average Bonchev–Trinajstić information content (AvgIpc) is 3.73. The first-order valence-corrected chi connectivity index (χ1v) is 11.5. The molecular formula is C26H27N3O2. The van der Waals surface area contributed by atoms with Crippen LogP contribution in [0.1, 0.15) is 37.7 Å². The molecule has 5 nitrogen and oxygen atoms in total. The molecular weight excluding hydrogens is 386 g/mol. The Labute approximate surface area is 182 Å². The van der Waals surface area contributed by atoms with Crippen LogP contribution in [0.3, 0.4) is 0 Å². The van der Waals surface area contributed by atoms with Crippen molar-refractivity contribution in [2.75, 3.05) is 19.6 Å². The molecule has 5 heteroatoms. The van der Waals surface area contributed by atoms with Gasteiger partial charge in [0.05, 0.1) is 0 Å². The summed E-state index contributed by atoms with van der Waals surface area (Å²) in [5.41, 5.74) is 2.84. The highest BCUT2D eigenvalue weighted by molar-refractivity contribution is 6.16. The van der Waals surface area contributed by atoms with E-state index in [1.165, 1.54) is 5.56 Å². The van der Waals surface area contributed by atoms with E-state index in [9.17, 15) is 9.59 Å². The van der Waals surface area contributed by atoms with Gasteiger partial charge in [-0.2, -0.15) is 0 Å². The van der Waals surface area contributed by atoms with E-state index in [2.05, 4.69) is 36.4 Å². The lowest BCUT2D eigenvalue weighted by Crippen LogP contribution is -2.40. The van der Waals surface area contributed by atoms with Crippen molar-refractivity contribution in [1.82, 2.24) is 9.80 Å². The fourth-order valence-corrected chi connectivity index (χ4v) is 4.96. The molecule has 6 rings (SSSR count). The number of nitrogens with zero attached hydrogens (tertiary/aromatic N) is 3. The Morgan fingerprint density at radius 1 is 0.935 bits per heavy atom. The third-order valence-electron chi connectivity index (χ3n) is 7.16. The van der Waals surface area contributed by atoms with E-state index in [1.807, 2.05) is 28.0 Å². The zero-order valence-corrected chi connectivity index (χ0v) is 17.7. The van der Waals surface area contributed by atoms with Gasteiger partial charge in [0.1, 0.15) is 11.4 Å². The third-order valence-corrected chi connectivity index (χ3v) is 7.16. The first kappa shape index (κ1) is 18.8. The number of amidine groups is 1. The van der Waals surface area contributed by atoms with Crippen molar-refractivity contribution in [3.8, 4) is 11.1 Å². The summed E-state index contributed by atoms with van der Waals surface area (Å²) in [5.74, 6) is 1.88. The Balaban J connectivity index is 1.21. The number of likely N-dealkylation sites (tertiary alicyclic amines) is 1. The average molecular weight is 414 g/mol. The summed E-state index contributed by atoms with van der Waals surface area (Å²) < 4.78 is 0. The highest BCUT2D eigenvalue weighted by atomic mass is 16.2. The maximum atomic E-state index is 13.2. The topological polar surface area (TPSA) is 53.0 Å². The van der Waals surface area contributed by atoms with Crippen LogP contribution in [0.25, 0.3) is 11.1 Å². The summed E-state index contributed by atoms with van der Waals surface area (Å²) in [7, 11) is 0. The molecule has 2 amide bonds. The maximum Gasteiger partial charge on any atom is 0.256 e. The minimum absolute atomic E-state index is 0.154. The summed E-state index contributed by atoms with van der Waals surface area (Å²) in [5, 5.41) is 0. The van der Waals surface area contributed by atoms with Crippen molar-refractivity contribution in [3.05, 3.63) is 60.2 Å². The van der Waals surface area contributed by atoms with Gasteiger partial charge in [-0.05, 0) is 49.1 Å². The van der Waals surface area contributed by atoms with Gasteiger partial charge < -0.3 is 4.90 Å². The van der Waals surface area contributed by atoms with Gasteiger partial charge in [-0.3, -0.25) is 19.5 Å². The van der Waals surface area contributed by atoms with Crippen LogP contribution in [0.5, 0.6) is 0 Å². The molecule has 2 aliphatic carbocycles. The van der Waals surface area contributed by atoms with E-state index in [4.69, 9.17) is 4.99 Å². The van der Waals surface area contributed by atoms with Gasteiger partial charge >= 0.3 is 0 Å². The van der Waals surface area contributed by atoms with Crippen LogP contribution in [-0.4, -0.2) is 52.6 Å². The molecule has 158 valence electrons. The quantitative estimate of drug-likeness (QED) is 0.750. The molecule has 31 heavy (non-hydrogen) atoms. The lowest BCUT2D eigenvalue weighted by molar-refractivity contribution is -0.131. The Hall–Kier alpha value is -2.95. The molecule has 3 fully saturated rings. The number of hydrogen-bond donors (Lipinski definition) is 0. The summed E-state index contributed by atoms with van der Waals surface area (Å²) >= 11 is 0. The molecule has 4 aliphatic rings. The molecule has 1 atom stereocenters. The van der Waals surface area contributed by atoms with Gasteiger partial charge in [-0.25, -0.2) is 0 Å². The second-order valence-corrected chi connectivity index (χ2v) is 9.54. The predicted molar refractivity (Wildman–Crippen MR) is 120 cm³/mol. The number of carbonyl (C=O) groups is 2. The van der Waals surface area contributed by atoms with Crippen molar-refractivity contribution in [3.63, 3.8) is 0 Å². The van der Waals surface area contributed by atoms with Crippen LogP contribution >= 0.6 is 0 Å². The van der Waals surface area contributed by atoms with Crippen molar-refractivity contribution in [1.29, 1.82) is 0 Å². The van der Waals surface area contributed by atoms with E-state index in [-0.39, 0.29) is 11.8 Å². The fourth-order valence-electron chi connectivity index (χ4n) is 4.96. The second kappa shape index (κ2) is 7.04. The molecule has 2 aliphatic heterocycles. The first-order valence-electron chi connectivity index (χ1n) is 11.5. The summed E-state index contributed by atoms with van der Waals surface area (Å²) in [6.45, 7) is 2.26. The number of rotatable bonds is 5. The molecule has 0 radical (unpaired) electrons. The van der Waals surface area contributed by atoms with Crippen LogP contribution in [-0.2, 0) is 9.59 Å². The van der Waals surface area contributed by atoms with Crippen LogP contribution in [0.4, 0.5) is 0 Å². The zero-order chi connectivity index (χ0) is 21.0. The monoisotopic (exact) mass is 413 g/mol. The molecule has 0 aromatic heterocycles. The summed E-state index contributed by atoms with van der Waals surface area (Å²) in [6, 6.07) is 18.7. The number of hydrogen-bond acceptors (Lipinski definition) is 3. The Morgan fingerprint density at radius 3 is 2.29 bits per heavy atom. The number of benzene rings is 2. The number of carbonyl (C=O) groups excluding carboxylic acids is 2. The molecule has 2 heterocycles. The standard InChI is InChI=1S/C26H27N3O2/c30-24(22-10-11-22)28-15-12-18(16-28)17-29-23(27-26(13-14-26)25(29)31)21-8-6-20(7-9-21)19-4-2-1-3-5-19/h1-9,18,22H,10-17H2/t18-/m1/s1. The molecule has 2 aromatic carbocycles. The Kier molecular flexibility index (Phi) is 4.27. The smallest absolute Gasteiger partial charge is 0.256 e. The van der Waals surface area contributed by atoms with E-state index in [1.54, 1.807) is 0 Å². The van der Waals surface area contributed by atoms with Crippen LogP contribution in [0.15, 0.2) is 59.6 Å². The van der Waals surface area contributed by atoms with Crippen molar-refractivity contribution >= 4 is 17.6 Å². The maximum absolute atomic E-state index is 13.2. The van der Waals surface area contributed by atoms with E-state index in [0.29, 0.717) is 18.4 Å². The van der Waals surface area contributed by atoms with Gasteiger partial charge in [0, 0.05) is 31.1 Å². The third kappa shape index (κ3) is 3.36. The summed E-state index contributed by atoms with van der Waals surface area (Å²) in [6.07, 6.45) is 4.76. The van der Waals surface area contributed by atoms with Crippen molar-refractivity contribution in [2.45, 2.75) is 37.6 Å². The molecule has 2 saturated carbocycles. The molecule has 1 spiro atoms. The van der Waals surface area contributed by atoms with Gasteiger partial charge in [0.25, 0.3) is 5.91 Å². The van der Waals surface area contributed by atoms with E-state index in [0.717, 1.165) is 62.2 Å². The normalized spacial score (nSPS) is 24.1. The Bertz CT molecular complexity index is 1050.